The van der Waals surface area contributed by atoms with Gasteiger partial charge < -0.3 is 16.2 Å². The summed E-state index contributed by atoms with van der Waals surface area (Å²) in [6.07, 6.45) is -0.184. The van der Waals surface area contributed by atoms with Crippen LogP contribution in [0.25, 0.3) is 0 Å². The molecule has 0 radical (unpaired) electrons. The van der Waals surface area contributed by atoms with Crippen LogP contribution in [0.1, 0.15) is 41.0 Å². The summed E-state index contributed by atoms with van der Waals surface area (Å²) < 4.78 is 0. The lowest BCUT2D eigenvalue weighted by Crippen LogP contribution is -2.49. The van der Waals surface area contributed by atoms with Gasteiger partial charge in [0.25, 0.3) is 0 Å². The molecule has 0 heterocycles. The lowest BCUT2D eigenvalue weighted by atomic mass is 9.76. The Morgan fingerprint density at radius 3 is 1.95 bits per heavy atom. The highest BCUT2D eigenvalue weighted by Gasteiger charge is 2.39. The number of carbonyl (C=O) groups is 3. The predicted molar refractivity (Wildman–Crippen MR) is 71.2 cm³/mol. The highest BCUT2D eigenvalue weighted by atomic mass is 16.4. The molecule has 2 atom stereocenters. The first kappa shape index (κ1) is 17.4. The number of nitrogens with one attached hydrogen (secondary N) is 1. The third kappa shape index (κ3) is 4.54. The molecule has 110 valence electrons. The van der Waals surface area contributed by atoms with Gasteiger partial charge in [0.2, 0.25) is 11.8 Å². The van der Waals surface area contributed by atoms with E-state index in [9.17, 15) is 19.5 Å². The summed E-state index contributed by atoms with van der Waals surface area (Å²) in [4.78, 5) is 34.4. The van der Waals surface area contributed by atoms with Gasteiger partial charge in [0.15, 0.2) is 0 Å². The minimum atomic E-state index is -1.16. The molecule has 0 aromatic rings. The van der Waals surface area contributed by atoms with Crippen LogP contribution in [0.4, 0.5) is 0 Å². The number of carbonyl (C=O) groups excluding carboxylic acids is 2. The number of nitrogens with two attached hydrogens (primary N) is 1. The van der Waals surface area contributed by atoms with E-state index in [1.807, 2.05) is 0 Å². The molecule has 0 saturated heterocycles. The lowest BCUT2D eigenvalue weighted by molar-refractivity contribution is -0.153. The van der Waals surface area contributed by atoms with E-state index >= 15 is 0 Å². The minimum Gasteiger partial charge on any atom is -0.481 e. The zero-order valence-electron chi connectivity index (χ0n) is 12.2. The molecule has 4 N–H and O–H groups in total. The Hall–Kier alpha value is -1.59. The fourth-order valence-corrected chi connectivity index (χ4v) is 1.65. The number of amides is 2. The fraction of sp³-hybridized carbons (Fsp3) is 0.769. The number of carboxylic acids is 1. The average molecular weight is 272 g/mol. The van der Waals surface area contributed by atoms with Gasteiger partial charge in [-0.3, -0.25) is 14.4 Å². The van der Waals surface area contributed by atoms with E-state index in [1.54, 1.807) is 27.7 Å². The number of hydrogen-bond acceptors (Lipinski definition) is 3. The minimum absolute atomic E-state index is 0.142. The van der Waals surface area contributed by atoms with Crippen molar-refractivity contribution in [2.45, 2.75) is 47.1 Å². The average Bonchev–Trinajstić information content (AvgIpc) is 2.24. The van der Waals surface area contributed by atoms with Gasteiger partial charge in [0, 0.05) is 6.42 Å². The molecule has 0 saturated carbocycles. The topological polar surface area (TPSA) is 109 Å². The second-order valence-corrected chi connectivity index (χ2v) is 5.75. The van der Waals surface area contributed by atoms with Crippen LogP contribution in [0, 0.1) is 17.3 Å². The van der Waals surface area contributed by atoms with Crippen LogP contribution in [0.5, 0.6) is 0 Å². The van der Waals surface area contributed by atoms with Gasteiger partial charge in [-0.1, -0.05) is 27.7 Å². The SMILES string of the molecule is CC(C)C(NC(=O)CC(C)(C(=O)O)C(C)C)C(N)=O. The highest BCUT2D eigenvalue weighted by molar-refractivity contribution is 5.89. The molecule has 0 fully saturated rings. The molecule has 0 bridgehead atoms. The van der Waals surface area contributed by atoms with Crippen molar-refractivity contribution < 1.29 is 19.5 Å². The Bertz CT molecular complexity index is 366. The van der Waals surface area contributed by atoms with E-state index in [0.29, 0.717) is 0 Å². The van der Waals surface area contributed by atoms with Crippen molar-refractivity contribution in [1.29, 1.82) is 0 Å². The van der Waals surface area contributed by atoms with Crippen molar-refractivity contribution in [3.63, 3.8) is 0 Å². The van der Waals surface area contributed by atoms with Gasteiger partial charge in [-0.2, -0.15) is 0 Å². The molecule has 0 aliphatic carbocycles. The van der Waals surface area contributed by atoms with Crippen molar-refractivity contribution in [1.82, 2.24) is 5.32 Å². The van der Waals surface area contributed by atoms with E-state index in [2.05, 4.69) is 5.32 Å². The first-order valence-electron chi connectivity index (χ1n) is 6.34. The predicted octanol–water partition coefficient (Wildman–Crippen LogP) is 0.750. The Balaban J connectivity index is 4.86. The van der Waals surface area contributed by atoms with E-state index in [1.165, 1.54) is 6.92 Å². The largest absolute Gasteiger partial charge is 0.481 e. The van der Waals surface area contributed by atoms with Crippen LogP contribution in [0.3, 0.4) is 0 Å². The molecular weight excluding hydrogens is 248 g/mol. The van der Waals surface area contributed by atoms with Crippen molar-refractivity contribution in [2.75, 3.05) is 0 Å². The molecule has 19 heavy (non-hydrogen) atoms. The molecule has 6 nitrogen and oxygen atoms in total. The quantitative estimate of drug-likeness (QED) is 0.635. The van der Waals surface area contributed by atoms with E-state index in [4.69, 9.17) is 5.73 Å². The Morgan fingerprint density at radius 2 is 1.68 bits per heavy atom. The van der Waals surface area contributed by atoms with E-state index in [0.717, 1.165) is 0 Å². The summed E-state index contributed by atoms with van der Waals surface area (Å²) in [7, 11) is 0. The van der Waals surface area contributed by atoms with Gasteiger partial charge in [-0.15, -0.1) is 0 Å². The number of primary amides is 1. The standard InChI is InChI=1S/C13H24N2O4/c1-7(2)10(11(14)17)15-9(16)6-13(5,8(3)4)12(18)19/h7-8,10H,6H2,1-5H3,(H2,14,17)(H,15,16)(H,18,19). The molecule has 2 amide bonds. The zero-order valence-corrected chi connectivity index (χ0v) is 12.2. The highest BCUT2D eigenvalue weighted by Crippen LogP contribution is 2.31. The summed E-state index contributed by atoms with van der Waals surface area (Å²) in [6.45, 7) is 8.53. The van der Waals surface area contributed by atoms with Gasteiger partial charge in [-0.25, -0.2) is 0 Å². The molecule has 2 unspecified atom stereocenters. The fourth-order valence-electron chi connectivity index (χ4n) is 1.65. The number of rotatable bonds is 7. The molecule has 0 aliphatic heterocycles. The Labute approximate surface area is 113 Å². The van der Waals surface area contributed by atoms with E-state index in [-0.39, 0.29) is 18.3 Å². The van der Waals surface area contributed by atoms with Gasteiger partial charge >= 0.3 is 5.97 Å². The van der Waals surface area contributed by atoms with Gasteiger partial charge in [0.1, 0.15) is 6.04 Å². The monoisotopic (exact) mass is 272 g/mol. The molecule has 0 spiro atoms. The number of aliphatic carboxylic acids is 1. The number of hydrogen-bond donors (Lipinski definition) is 3. The van der Waals surface area contributed by atoms with Crippen LogP contribution in [0.15, 0.2) is 0 Å². The molecular formula is C13H24N2O4. The summed E-state index contributed by atoms with van der Waals surface area (Å²) in [6, 6.07) is -0.780. The zero-order chi connectivity index (χ0) is 15.4. The smallest absolute Gasteiger partial charge is 0.310 e. The van der Waals surface area contributed by atoms with Crippen molar-refractivity contribution >= 4 is 17.8 Å². The van der Waals surface area contributed by atoms with Crippen LogP contribution in [-0.2, 0) is 14.4 Å². The van der Waals surface area contributed by atoms with Crippen LogP contribution < -0.4 is 11.1 Å². The van der Waals surface area contributed by atoms with Gasteiger partial charge in [0.05, 0.1) is 5.41 Å². The maximum atomic E-state index is 11.9. The maximum absolute atomic E-state index is 11.9. The van der Waals surface area contributed by atoms with Crippen molar-refractivity contribution in [3.8, 4) is 0 Å². The summed E-state index contributed by atoms with van der Waals surface area (Å²) in [5, 5.41) is 11.7. The maximum Gasteiger partial charge on any atom is 0.310 e. The molecule has 0 aromatic carbocycles. The third-order valence-electron chi connectivity index (χ3n) is 3.58. The summed E-state index contributed by atoms with van der Waals surface area (Å²) in [5.74, 6) is -2.47. The second-order valence-electron chi connectivity index (χ2n) is 5.75. The molecule has 0 aliphatic rings. The Kier molecular flexibility index (Phi) is 5.99. The normalized spacial score (nSPS) is 15.9. The summed E-state index contributed by atoms with van der Waals surface area (Å²) in [5.41, 5.74) is 4.04. The van der Waals surface area contributed by atoms with Crippen LogP contribution in [0.2, 0.25) is 0 Å². The third-order valence-corrected chi connectivity index (χ3v) is 3.58. The second kappa shape index (κ2) is 6.54. The van der Waals surface area contributed by atoms with Crippen molar-refractivity contribution in [3.05, 3.63) is 0 Å². The van der Waals surface area contributed by atoms with Gasteiger partial charge in [-0.05, 0) is 18.8 Å². The van der Waals surface area contributed by atoms with Crippen LogP contribution in [-0.4, -0.2) is 28.9 Å². The summed E-state index contributed by atoms with van der Waals surface area (Å²) >= 11 is 0. The first-order chi connectivity index (χ1) is 8.52. The number of carboxylic acid groups (broad SMARTS) is 1. The lowest BCUT2D eigenvalue weighted by Gasteiger charge is -2.29. The molecule has 0 aromatic heterocycles. The molecule has 6 heteroatoms. The van der Waals surface area contributed by atoms with Crippen LogP contribution >= 0.6 is 0 Å². The Morgan fingerprint density at radius 1 is 1.21 bits per heavy atom. The van der Waals surface area contributed by atoms with Crippen molar-refractivity contribution in [2.24, 2.45) is 23.0 Å². The van der Waals surface area contributed by atoms with E-state index < -0.39 is 29.2 Å². The first-order valence-corrected chi connectivity index (χ1v) is 6.34. The molecule has 0 rings (SSSR count).